The van der Waals surface area contributed by atoms with Gasteiger partial charge in [-0.3, -0.25) is 0 Å². The van der Waals surface area contributed by atoms with Crippen molar-refractivity contribution in [3.63, 3.8) is 0 Å². The maximum Gasteiger partial charge on any atom is 0.279 e. The van der Waals surface area contributed by atoms with E-state index in [0.29, 0.717) is 16.8 Å². The van der Waals surface area contributed by atoms with E-state index in [4.69, 9.17) is 16.3 Å². The number of ether oxygens (including phenoxy) is 1. The van der Waals surface area contributed by atoms with E-state index in [1.54, 1.807) is 7.11 Å². The summed E-state index contributed by atoms with van der Waals surface area (Å²) >= 11 is 6.27. The highest BCUT2D eigenvalue weighted by atomic mass is 35.5. The molecule has 0 saturated carbocycles. The Hall–Kier alpha value is -2.92. The molecule has 0 saturated heterocycles. The molecule has 32 heavy (non-hydrogen) atoms. The fourth-order valence-electron chi connectivity index (χ4n) is 2.73. The highest BCUT2D eigenvalue weighted by Crippen LogP contribution is 2.27. The number of nitrogens with zero attached hydrogens (tertiary/aromatic N) is 3. The highest BCUT2D eigenvalue weighted by Gasteiger charge is 2.12. The van der Waals surface area contributed by atoms with Gasteiger partial charge in [0.25, 0.3) is 10.2 Å². The summed E-state index contributed by atoms with van der Waals surface area (Å²) in [4.78, 5) is 8.69. The van der Waals surface area contributed by atoms with Gasteiger partial charge in [-0.1, -0.05) is 23.7 Å². The molecular weight excluding hydrogens is 452 g/mol. The van der Waals surface area contributed by atoms with Gasteiger partial charge < -0.3 is 15.4 Å². The molecule has 0 bridgehead atoms. The van der Waals surface area contributed by atoms with Gasteiger partial charge in [0.05, 0.1) is 13.3 Å². The van der Waals surface area contributed by atoms with Gasteiger partial charge in [-0.05, 0) is 42.3 Å². The van der Waals surface area contributed by atoms with Gasteiger partial charge in [-0.15, -0.1) is 0 Å². The Kier molecular flexibility index (Phi) is 7.52. The van der Waals surface area contributed by atoms with E-state index in [1.165, 1.54) is 20.3 Å². The Morgan fingerprint density at radius 2 is 1.78 bits per heavy atom. The van der Waals surface area contributed by atoms with Crippen molar-refractivity contribution in [1.29, 1.82) is 0 Å². The quantitative estimate of drug-likeness (QED) is 0.430. The lowest BCUT2D eigenvalue weighted by atomic mass is 10.2. The minimum absolute atomic E-state index is 0.184. The second-order valence-electron chi connectivity index (χ2n) is 7.18. The molecule has 0 aliphatic heterocycles. The topological polar surface area (TPSA) is 108 Å². The van der Waals surface area contributed by atoms with Crippen molar-refractivity contribution in [2.45, 2.75) is 13.5 Å². The van der Waals surface area contributed by atoms with Crippen LogP contribution in [0.5, 0.6) is 5.75 Å². The van der Waals surface area contributed by atoms with Crippen LogP contribution in [0.25, 0.3) is 0 Å². The Morgan fingerprint density at radius 1 is 1.06 bits per heavy atom. The van der Waals surface area contributed by atoms with Crippen LogP contribution in [-0.2, 0) is 16.8 Å². The van der Waals surface area contributed by atoms with Crippen LogP contribution in [0.2, 0.25) is 5.02 Å². The summed E-state index contributed by atoms with van der Waals surface area (Å²) in [7, 11) is 1.08. The lowest BCUT2D eigenvalue weighted by molar-refractivity contribution is 0.414. The van der Waals surface area contributed by atoms with Crippen molar-refractivity contribution in [1.82, 2.24) is 19.0 Å². The van der Waals surface area contributed by atoms with E-state index in [1.807, 2.05) is 49.4 Å². The molecule has 0 aliphatic carbocycles. The van der Waals surface area contributed by atoms with Crippen LogP contribution in [0.15, 0.2) is 48.7 Å². The predicted octanol–water partition coefficient (Wildman–Crippen LogP) is 3.83. The van der Waals surface area contributed by atoms with Gasteiger partial charge in [-0.25, -0.2) is 4.98 Å². The summed E-state index contributed by atoms with van der Waals surface area (Å²) in [5, 5.41) is 6.67. The first kappa shape index (κ1) is 23.7. The summed E-state index contributed by atoms with van der Waals surface area (Å²) in [6.45, 7) is 2.15. The number of aryl methyl sites for hydroxylation is 1. The molecule has 3 N–H and O–H groups in total. The van der Waals surface area contributed by atoms with Crippen LogP contribution in [0.1, 0.15) is 11.1 Å². The molecule has 9 nitrogen and oxygen atoms in total. The third kappa shape index (κ3) is 6.30. The largest absolute Gasteiger partial charge is 0.497 e. The predicted molar refractivity (Wildman–Crippen MR) is 127 cm³/mol. The lowest BCUT2D eigenvalue weighted by Gasteiger charge is -2.13. The number of nitrogens with one attached hydrogen (secondary N) is 3. The second-order valence-corrected chi connectivity index (χ2v) is 9.56. The molecule has 3 rings (SSSR count). The maximum atomic E-state index is 11.8. The molecule has 0 spiro atoms. The van der Waals surface area contributed by atoms with Crippen molar-refractivity contribution in [3.8, 4) is 5.75 Å². The fraction of sp³-hybridized carbons (Fsp3) is 0.238. The molecule has 2 aromatic carbocycles. The molecule has 0 unspecified atom stereocenters. The van der Waals surface area contributed by atoms with Gasteiger partial charge in [0.1, 0.15) is 10.8 Å². The molecule has 0 amide bonds. The van der Waals surface area contributed by atoms with E-state index in [-0.39, 0.29) is 6.54 Å². The standard InChI is InChI=1S/C21H25ClN6O3S/c1-14-9-17(11-18(10-14)31-4)26-21-23-13-19(22)20(27-21)25-16-7-5-15(6-8-16)12-24-32(29,30)28(2)3/h5-11,13,24H,12H2,1-4H3,(H2,23,25,26,27). The number of methoxy groups -OCH3 is 1. The average molecular weight is 477 g/mol. The molecular formula is C21H25ClN6O3S. The van der Waals surface area contributed by atoms with E-state index < -0.39 is 10.2 Å². The second kappa shape index (κ2) is 10.1. The monoisotopic (exact) mass is 476 g/mol. The lowest BCUT2D eigenvalue weighted by Crippen LogP contribution is -2.35. The van der Waals surface area contributed by atoms with Gasteiger partial charge in [-0.2, -0.15) is 22.4 Å². The van der Waals surface area contributed by atoms with Crippen molar-refractivity contribution in [2.24, 2.45) is 0 Å². The summed E-state index contributed by atoms with van der Waals surface area (Å²) in [5.74, 6) is 1.54. The molecule has 11 heteroatoms. The minimum Gasteiger partial charge on any atom is -0.497 e. The number of halogens is 1. The summed E-state index contributed by atoms with van der Waals surface area (Å²) in [6.07, 6.45) is 1.51. The summed E-state index contributed by atoms with van der Waals surface area (Å²) in [5.41, 5.74) is 3.38. The minimum atomic E-state index is -3.48. The van der Waals surface area contributed by atoms with E-state index in [9.17, 15) is 8.42 Å². The number of rotatable bonds is 9. The third-order valence-electron chi connectivity index (χ3n) is 4.44. The smallest absolute Gasteiger partial charge is 0.279 e. The van der Waals surface area contributed by atoms with Crippen LogP contribution < -0.4 is 20.1 Å². The molecule has 1 aromatic heterocycles. The first-order valence-electron chi connectivity index (χ1n) is 9.64. The Bertz CT molecular complexity index is 1190. The first-order valence-corrected chi connectivity index (χ1v) is 11.5. The highest BCUT2D eigenvalue weighted by molar-refractivity contribution is 7.87. The first-order chi connectivity index (χ1) is 15.2. The summed E-state index contributed by atoms with van der Waals surface area (Å²) < 4.78 is 32.6. The number of aromatic nitrogens is 2. The van der Waals surface area contributed by atoms with Gasteiger partial charge in [0.2, 0.25) is 5.95 Å². The molecule has 3 aromatic rings. The van der Waals surface area contributed by atoms with Gasteiger partial charge >= 0.3 is 0 Å². The van der Waals surface area contributed by atoms with Crippen LogP contribution in [0, 0.1) is 6.92 Å². The Balaban J connectivity index is 1.70. The molecule has 0 fully saturated rings. The number of anilines is 4. The van der Waals surface area contributed by atoms with Crippen molar-refractivity contribution in [3.05, 3.63) is 64.8 Å². The zero-order valence-electron chi connectivity index (χ0n) is 18.2. The molecule has 0 radical (unpaired) electrons. The van der Waals surface area contributed by atoms with E-state index in [0.717, 1.165) is 32.6 Å². The van der Waals surface area contributed by atoms with Crippen molar-refractivity contribution in [2.75, 3.05) is 31.8 Å². The average Bonchev–Trinajstić information content (AvgIpc) is 2.75. The zero-order valence-corrected chi connectivity index (χ0v) is 19.8. The SMILES string of the molecule is COc1cc(C)cc(Nc2ncc(Cl)c(Nc3ccc(CNS(=O)(=O)N(C)C)cc3)n2)c1. The van der Waals surface area contributed by atoms with Gasteiger partial charge in [0.15, 0.2) is 5.82 Å². The zero-order chi connectivity index (χ0) is 23.3. The van der Waals surface area contributed by atoms with Crippen molar-refractivity contribution < 1.29 is 13.2 Å². The number of hydrogen-bond acceptors (Lipinski definition) is 7. The van der Waals surface area contributed by atoms with Crippen LogP contribution in [-0.4, -0.2) is 43.9 Å². The third-order valence-corrected chi connectivity index (χ3v) is 6.19. The van der Waals surface area contributed by atoms with Crippen LogP contribution in [0.4, 0.5) is 23.1 Å². The molecule has 0 aliphatic rings. The molecule has 1 heterocycles. The number of benzene rings is 2. The Labute approximate surface area is 193 Å². The van der Waals surface area contributed by atoms with Crippen LogP contribution in [0.3, 0.4) is 0 Å². The van der Waals surface area contributed by atoms with Gasteiger partial charge in [0, 0.05) is 38.1 Å². The van der Waals surface area contributed by atoms with E-state index >= 15 is 0 Å². The fourth-order valence-corrected chi connectivity index (χ4v) is 3.47. The van der Waals surface area contributed by atoms with Crippen LogP contribution >= 0.6 is 11.6 Å². The summed E-state index contributed by atoms with van der Waals surface area (Å²) in [6, 6.07) is 13.0. The molecule has 170 valence electrons. The number of hydrogen-bond donors (Lipinski definition) is 3. The molecule has 0 atom stereocenters. The van der Waals surface area contributed by atoms with E-state index in [2.05, 4.69) is 25.3 Å². The maximum absolute atomic E-state index is 11.8. The normalized spacial score (nSPS) is 11.4. The van der Waals surface area contributed by atoms with Crippen molar-refractivity contribution >= 4 is 45.0 Å². The Morgan fingerprint density at radius 3 is 2.44 bits per heavy atom.